The molecule has 3 aliphatic rings. The Kier molecular flexibility index (Phi) is 9.50. The molecule has 3 fully saturated rings. The monoisotopic (exact) mass is 662 g/mol. The van der Waals surface area contributed by atoms with Gasteiger partial charge in [0.05, 0.1) is 11.6 Å². The number of piperidine rings is 1. The molecule has 0 bridgehead atoms. The van der Waals surface area contributed by atoms with Crippen LogP contribution >= 0.6 is 11.6 Å². The van der Waals surface area contributed by atoms with Crippen LogP contribution in [0.25, 0.3) is 11.1 Å². The van der Waals surface area contributed by atoms with Gasteiger partial charge in [-0.15, -0.1) is 0 Å². The second-order valence-electron chi connectivity index (χ2n) is 14.0. The first-order chi connectivity index (χ1) is 22.9. The third kappa shape index (κ3) is 7.04. The summed E-state index contributed by atoms with van der Waals surface area (Å²) < 4.78 is 22.8. The van der Waals surface area contributed by atoms with Gasteiger partial charge in [-0.3, -0.25) is 14.0 Å². The number of amides is 1. The van der Waals surface area contributed by atoms with Crippen LogP contribution in [-0.2, 0) is 17.8 Å². The van der Waals surface area contributed by atoms with E-state index >= 15 is 0 Å². The average molecular weight is 663 g/mol. The topological polar surface area (TPSA) is 98.2 Å². The minimum absolute atomic E-state index is 0.0299. The van der Waals surface area contributed by atoms with Gasteiger partial charge in [-0.25, -0.2) is 14.2 Å². The first-order valence-corrected chi connectivity index (χ1v) is 17.7. The van der Waals surface area contributed by atoms with Gasteiger partial charge in [0, 0.05) is 42.8 Å². The van der Waals surface area contributed by atoms with Gasteiger partial charge in [-0.1, -0.05) is 43.0 Å². The highest BCUT2D eigenvalue weighted by atomic mass is 35.5. The first kappa shape index (κ1) is 32.1. The van der Waals surface area contributed by atoms with Crippen LogP contribution in [0.2, 0.25) is 5.02 Å². The van der Waals surface area contributed by atoms with E-state index in [4.69, 9.17) is 16.0 Å². The van der Waals surface area contributed by atoms with Crippen molar-refractivity contribution in [1.29, 1.82) is 0 Å². The Labute approximate surface area is 279 Å². The predicted octanol–water partition coefficient (Wildman–Crippen LogP) is 6.55. The number of nitrogens with one attached hydrogen (secondary N) is 1. The first-order valence-electron chi connectivity index (χ1n) is 17.3. The number of rotatable bonds is 9. The normalized spacial score (nSPS) is 22.8. The largest absolute Gasteiger partial charge is 0.420 e. The van der Waals surface area contributed by atoms with Crippen molar-refractivity contribution in [3.8, 4) is 0 Å². The summed E-state index contributed by atoms with van der Waals surface area (Å²) in [6.07, 6.45) is 15.5. The molecule has 3 heterocycles. The van der Waals surface area contributed by atoms with Gasteiger partial charge < -0.3 is 14.6 Å². The molecule has 1 atom stereocenters. The fourth-order valence-corrected chi connectivity index (χ4v) is 8.78. The van der Waals surface area contributed by atoms with Crippen molar-refractivity contribution in [3.05, 3.63) is 82.1 Å². The van der Waals surface area contributed by atoms with Crippen molar-refractivity contribution >= 4 is 28.6 Å². The van der Waals surface area contributed by atoms with Gasteiger partial charge in [0.25, 0.3) is 0 Å². The molecule has 0 spiro atoms. The molecule has 1 amide bonds. The molecule has 1 N–H and O–H groups in total. The number of benzene rings is 2. The summed E-state index contributed by atoms with van der Waals surface area (Å²) in [5, 5.41) is 8.89. The lowest BCUT2D eigenvalue weighted by molar-refractivity contribution is -0.137. The smallest absolute Gasteiger partial charge is 0.408 e. The van der Waals surface area contributed by atoms with Crippen molar-refractivity contribution in [2.24, 2.45) is 11.3 Å². The number of hydrogen-bond donors (Lipinski definition) is 1. The zero-order valence-corrected chi connectivity index (χ0v) is 27.6. The number of carbonyl (C=O) groups excluding carboxylic acids is 1. The SMILES string of the molecule is O=C([C@@H](Cc1ccc(Cl)cc1)NC1CCC(n2c(=O)oc3cc(F)ccc32)CC1)N1CCC(Cn2cncn2)(C2CCCCC2)CC1. The zero-order valence-electron chi connectivity index (χ0n) is 26.8. The maximum atomic E-state index is 14.3. The molecular weight excluding hydrogens is 619 g/mol. The minimum atomic E-state index is -0.448. The third-order valence-corrected chi connectivity index (χ3v) is 11.5. The summed E-state index contributed by atoms with van der Waals surface area (Å²) >= 11 is 6.19. The van der Waals surface area contributed by atoms with Crippen LogP contribution in [0, 0.1) is 17.2 Å². The third-order valence-electron chi connectivity index (χ3n) is 11.2. The molecule has 11 heteroatoms. The maximum absolute atomic E-state index is 14.3. The fraction of sp³-hybridized carbons (Fsp3) is 0.556. The lowest BCUT2D eigenvalue weighted by Gasteiger charge is -2.48. The van der Waals surface area contributed by atoms with E-state index in [2.05, 4.69) is 20.3 Å². The fourth-order valence-electron chi connectivity index (χ4n) is 8.66. The molecule has 2 aliphatic carbocycles. The van der Waals surface area contributed by atoms with Gasteiger partial charge >= 0.3 is 5.76 Å². The lowest BCUT2D eigenvalue weighted by atomic mass is 9.63. The van der Waals surface area contributed by atoms with Crippen molar-refractivity contribution < 1.29 is 13.6 Å². The van der Waals surface area contributed by atoms with Crippen molar-refractivity contribution in [2.45, 2.75) is 102 Å². The van der Waals surface area contributed by atoms with E-state index < -0.39 is 11.6 Å². The van der Waals surface area contributed by atoms with E-state index in [9.17, 15) is 14.0 Å². The number of likely N-dealkylation sites (tertiary alicyclic amines) is 1. The Bertz CT molecular complexity index is 1700. The van der Waals surface area contributed by atoms with Gasteiger partial charge in [0.2, 0.25) is 5.91 Å². The van der Waals surface area contributed by atoms with Gasteiger partial charge in [-0.05, 0) is 98.9 Å². The van der Waals surface area contributed by atoms with Crippen molar-refractivity contribution in [1.82, 2.24) is 29.5 Å². The Hall–Kier alpha value is -3.50. The number of nitrogens with zero attached hydrogens (tertiary/aromatic N) is 5. The highest BCUT2D eigenvalue weighted by Gasteiger charge is 2.44. The summed E-state index contributed by atoms with van der Waals surface area (Å²) in [7, 11) is 0. The minimum Gasteiger partial charge on any atom is -0.408 e. The van der Waals surface area contributed by atoms with Crippen molar-refractivity contribution in [2.75, 3.05) is 13.1 Å². The number of halogens is 2. The van der Waals surface area contributed by atoms with E-state index in [1.165, 1.54) is 44.2 Å². The van der Waals surface area contributed by atoms with Gasteiger partial charge in [0.15, 0.2) is 5.58 Å². The molecular formula is C36H44ClFN6O3. The molecule has 1 saturated heterocycles. The number of hydrogen-bond acceptors (Lipinski definition) is 6. The summed E-state index contributed by atoms with van der Waals surface area (Å²) in [5.74, 6) is -0.0729. The standard InChI is InChI=1S/C36H44ClFN6O3/c37-27-8-6-25(7-9-27)20-31(41-29-11-13-30(14-12-29)44-32-15-10-28(38)21-33(32)47-35(44)46)34(45)42-18-16-36(17-19-42,22-43-24-39-23-40-43)26-4-2-1-3-5-26/h6-10,15,21,23-24,26,29-31,41H,1-5,11-14,16-20,22H2/t29?,30?,31-/m1/s1. The Morgan fingerprint density at radius 1 is 1.02 bits per heavy atom. The number of carbonyl (C=O) groups is 1. The van der Waals surface area contributed by atoms with E-state index in [-0.39, 0.29) is 35.0 Å². The van der Waals surface area contributed by atoms with Crippen LogP contribution in [0.4, 0.5) is 4.39 Å². The molecule has 1 aliphatic heterocycles. The molecule has 0 unspecified atom stereocenters. The highest BCUT2D eigenvalue weighted by Crippen LogP contribution is 2.47. The molecule has 4 aromatic rings. The van der Waals surface area contributed by atoms with Gasteiger partial charge in [-0.2, -0.15) is 5.10 Å². The summed E-state index contributed by atoms with van der Waals surface area (Å²) in [6.45, 7) is 2.35. The predicted molar refractivity (Wildman–Crippen MR) is 179 cm³/mol. The summed E-state index contributed by atoms with van der Waals surface area (Å²) in [6, 6.07) is 11.8. The van der Waals surface area contributed by atoms with Crippen molar-refractivity contribution in [3.63, 3.8) is 0 Å². The Balaban J connectivity index is 1.04. The average Bonchev–Trinajstić information content (AvgIpc) is 3.72. The summed E-state index contributed by atoms with van der Waals surface area (Å²) in [4.78, 5) is 33.4. The number of aromatic nitrogens is 4. The number of oxazole rings is 1. The second-order valence-corrected chi connectivity index (χ2v) is 14.5. The van der Waals surface area contributed by atoms with Crippen LogP contribution in [0.3, 0.4) is 0 Å². The molecule has 2 aromatic carbocycles. The maximum Gasteiger partial charge on any atom is 0.420 e. The molecule has 7 rings (SSSR count). The number of fused-ring (bicyclic) bond motifs is 1. The molecule has 0 radical (unpaired) electrons. The Morgan fingerprint density at radius 3 is 2.47 bits per heavy atom. The lowest BCUT2D eigenvalue weighted by Crippen LogP contribution is -2.55. The second kappa shape index (κ2) is 13.9. The molecule has 2 saturated carbocycles. The van der Waals surface area contributed by atoms with E-state index in [0.717, 1.165) is 63.7 Å². The summed E-state index contributed by atoms with van der Waals surface area (Å²) in [5.41, 5.74) is 2.10. The van der Waals surface area contributed by atoms with Crippen LogP contribution in [0.5, 0.6) is 0 Å². The van der Waals surface area contributed by atoms with Crippen LogP contribution in [0.15, 0.2) is 64.3 Å². The molecule has 250 valence electrons. The zero-order chi connectivity index (χ0) is 32.4. The molecule has 47 heavy (non-hydrogen) atoms. The highest BCUT2D eigenvalue weighted by molar-refractivity contribution is 6.30. The molecule has 2 aromatic heterocycles. The van der Waals surface area contributed by atoms with Crippen LogP contribution < -0.4 is 11.1 Å². The van der Waals surface area contributed by atoms with E-state index in [1.54, 1.807) is 17.0 Å². The quantitative estimate of drug-likeness (QED) is 0.218. The Morgan fingerprint density at radius 2 is 1.77 bits per heavy atom. The van der Waals surface area contributed by atoms with Crippen LogP contribution in [-0.4, -0.2) is 55.3 Å². The van der Waals surface area contributed by atoms with Crippen LogP contribution in [0.1, 0.15) is 82.2 Å². The molecule has 9 nitrogen and oxygen atoms in total. The van der Waals surface area contributed by atoms with Gasteiger partial charge in [0.1, 0.15) is 18.5 Å². The van der Waals surface area contributed by atoms with E-state index in [1.807, 2.05) is 35.3 Å². The van der Waals surface area contributed by atoms with E-state index in [0.29, 0.717) is 22.9 Å².